The Kier molecular flexibility index (Phi) is 17.1. The first-order valence-electron chi connectivity index (χ1n) is 21.1. The SMILES string of the molecule is CC(=O)c1cc(=O)c2c(OCC(O)COc3cccc4oc(C(=O)[O-])cc(=O)c34)cccc2o1.CCOC(=O)c1cc(=O)c2c(OCC(O)COc3cccc4oc(C(C)=O)cc(=O)c34)cccc2o1.[Na+]. The standard InChI is InChI=1S/C26H22O10.C24H18O10.Na/c1-3-32-26(31)23-11-17(30)25-19(7-5-9-21(25)36-23)34-13-15(28)12-33-18-6-4-8-20-24(18)16(29)10-22(35-20)14(2)27;1-12(25)20-8-14(27)22-16(4-2-6-18(22)33-20)31-10-13(26)11-32-17-5-3-7-19-23(17)15(28)9-21(34-19)24(29)30;/h4-11,15,28H,3,12-13H2,1-2H3;2-9,13,26H,10-11H2,1H3,(H,29,30);/q;;+1/p-1. The van der Waals surface area contributed by atoms with Crippen LogP contribution in [0.25, 0.3) is 43.9 Å². The smallest absolute Gasteiger partial charge is 0.542 e. The number of carboxylic acids is 1. The zero-order chi connectivity index (χ0) is 50.2. The fraction of sp³-hybridized carbons (Fsp3) is 0.200. The van der Waals surface area contributed by atoms with Gasteiger partial charge in [0.1, 0.15) is 111 Å². The molecule has 2 unspecified atom stereocenters. The molecule has 0 aliphatic rings. The predicted octanol–water partition coefficient (Wildman–Crippen LogP) is 1.39. The number of ether oxygens (including phenoxy) is 5. The molecule has 71 heavy (non-hydrogen) atoms. The second-order valence-electron chi connectivity index (χ2n) is 15.1. The van der Waals surface area contributed by atoms with E-state index in [9.17, 15) is 53.7 Å². The summed E-state index contributed by atoms with van der Waals surface area (Å²) in [4.78, 5) is 95.8. The molecular formula is C50H39NaO20. The molecule has 0 spiro atoms. The Morgan fingerprint density at radius 3 is 1.07 bits per heavy atom. The first-order valence-corrected chi connectivity index (χ1v) is 21.1. The van der Waals surface area contributed by atoms with Crippen LogP contribution in [0.3, 0.4) is 0 Å². The summed E-state index contributed by atoms with van der Waals surface area (Å²) >= 11 is 0. The van der Waals surface area contributed by atoms with E-state index in [4.69, 9.17) is 41.4 Å². The van der Waals surface area contributed by atoms with Crippen molar-refractivity contribution in [3.05, 3.63) is 161 Å². The number of carbonyl (C=O) groups is 4. The number of fused-ring (bicyclic) bond motifs is 4. The number of Topliss-reactive ketones (excluding diaryl/α,β-unsaturated/α-hetero) is 2. The van der Waals surface area contributed by atoms with Gasteiger partial charge in [-0.1, -0.05) is 24.3 Å². The normalized spacial score (nSPS) is 11.7. The van der Waals surface area contributed by atoms with Crippen LogP contribution in [0.15, 0.2) is 134 Å². The van der Waals surface area contributed by atoms with Crippen molar-refractivity contribution in [2.24, 2.45) is 0 Å². The molecule has 0 saturated heterocycles. The van der Waals surface area contributed by atoms with E-state index in [1.165, 1.54) is 68.4 Å². The maximum atomic E-state index is 12.6. The summed E-state index contributed by atoms with van der Waals surface area (Å²) in [5.74, 6) is -3.57. The van der Waals surface area contributed by atoms with E-state index in [0.717, 1.165) is 24.3 Å². The van der Waals surface area contributed by atoms with E-state index < -0.39 is 57.4 Å². The molecule has 0 aliphatic carbocycles. The zero-order valence-electron chi connectivity index (χ0n) is 38.2. The molecule has 4 heterocycles. The van der Waals surface area contributed by atoms with Gasteiger partial charge in [-0.15, -0.1) is 0 Å². The van der Waals surface area contributed by atoms with Crippen LogP contribution in [0.2, 0.25) is 0 Å². The third-order valence-corrected chi connectivity index (χ3v) is 9.96. The van der Waals surface area contributed by atoms with Gasteiger partial charge in [-0.3, -0.25) is 28.8 Å². The van der Waals surface area contributed by atoms with Crippen molar-refractivity contribution in [2.45, 2.75) is 33.0 Å². The van der Waals surface area contributed by atoms with Crippen LogP contribution in [0.4, 0.5) is 0 Å². The number of hydrogen-bond acceptors (Lipinski definition) is 20. The summed E-state index contributed by atoms with van der Waals surface area (Å²) in [6.07, 6.45) is -2.30. The Labute approximate surface area is 420 Å². The summed E-state index contributed by atoms with van der Waals surface area (Å²) < 4.78 is 48.7. The topological polar surface area (TPSA) is 299 Å². The number of hydrogen-bond donors (Lipinski definition) is 2. The largest absolute Gasteiger partial charge is 1.00 e. The van der Waals surface area contributed by atoms with Crippen molar-refractivity contribution in [3.63, 3.8) is 0 Å². The average Bonchev–Trinajstić information content (AvgIpc) is 3.33. The molecule has 20 nitrogen and oxygen atoms in total. The quantitative estimate of drug-likeness (QED) is 0.0740. The number of aliphatic hydroxyl groups excluding tert-OH is 2. The van der Waals surface area contributed by atoms with Gasteiger partial charge in [0.05, 0.1) is 6.61 Å². The Hall–Kier alpha value is -7.88. The molecule has 0 amide bonds. The molecule has 0 bridgehead atoms. The Morgan fingerprint density at radius 2 is 0.775 bits per heavy atom. The molecule has 2 atom stereocenters. The van der Waals surface area contributed by atoms with Gasteiger partial charge in [0.25, 0.3) is 0 Å². The van der Waals surface area contributed by atoms with Gasteiger partial charge in [-0.2, -0.15) is 0 Å². The van der Waals surface area contributed by atoms with Crippen LogP contribution in [0.1, 0.15) is 63.0 Å². The van der Waals surface area contributed by atoms with E-state index in [1.807, 2.05) is 0 Å². The van der Waals surface area contributed by atoms with E-state index in [0.29, 0.717) is 0 Å². The maximum Gasteiger partial charge on any atom is 1.00 e. The summed E-state index contributed by atoms with van der Waals surface area (Å²) in [7, 11) is 0. The minimum atomic E-state index is -1.63. The molecule has 4 aromatic carbocycles. The predicted molar refractivity (Wildman–Crippen MR) is 244 cm³/mol. The van der Waals surface area contributed by atoms with Crippen molar-refractivity contribution in [1.29, 1.82) is 0 Å². The minimum Gasteiger partial charge on any atom is -0.542 e. The first kappa shape index (κ1) is 52.5. The summed E-state index contributed by atoms with van der Waals surface area (Å²) in [5.41, 5.74) is -1.61. The molecule has 4 aromatic heterocycles. The van der Waals surface area contributed by atoms with Crippen LogP contribution < -0.4 is 75.3 Å². The molecule has 2 N–H and O–H groups in total. The number of benzene rings is 4. The third-order valence-electron chi connectivity index (χ3n) is 9.96. The minimum absolute atomic E-state index is 0. The monoisotopic (exact) mass is 982 g/mol. The maximum absolute atomic E-state index is 12.6. The fourth-order valence-electron chi connectivity index (χ4n) is 6.78. The van der Waals surface area contributed by atoms with E-state index in [1.54, 1.807) is 25.1 Å². The van der Waals surface area contributed by atoms with Gasteiger partial charge in [0.15, 0.2) is 50.6 Å². The fourth-order valence-corrected chi connectivity index (χ4v) is 6.78. The van der Waals surface area contributed by atoms with Gasteiger partial charge in [0.2, 0.25) is 5.76 Å². The first-order chi connectivity index (χ1) is 33.5. The number of rotatable bonds is 17. The summed E-state index contributed by atoms with van der Waals surface area (Å²) in [6, 6.07) is 22.2. The van der Waals surface area contributed by atoms with Gasteiger partial charge in [-0.25, -0.2) is 4.79 Å². The Bertz CT molecular complexity index is 3450. The molecule has 0 radical (unpaired) electrons. The zero-order valence-corrected chi connectivity index (χ0v) is 40.2. The van der Waals surface area contributed by atoms with Crippen LogP contribution in [-0.2, 0) is 4.74 Å². The third kappa shape index (κ3) is 12.3. The Balaban J connectivity index is 0.000000230. The average molecular weight is 983 g/mol. The van der Waals surface area contributed by atoms with Crippen molar-refractivity contribution in [3.8, 4) is 23.0 Å². The molecular weight excluding hydrogens is 944 g/mol. The molecule has 8 aromatic rings. The number of carboxylic acid groups (broad SMARTS) is 1. The number of carbonyl (C=O) groups excluding carboxylic acids is 4. The molecule has 8 rings (SSSR count). The van der Waals surface area contributed by atoms with E-state index in [2.05, 4.69) is 0 Å². The molecule has 21 heteroatoms. The number of aromatic carboxylic acids is 1. The summed E-state index contributed by atoms with van der Waals surface area (Å²) in [6.45, 7) is 3.31. The van der Waals surface area contributed by atoms with Crippen molar-refractivity contribution < 1.29 is 105 Å². The molecule has 0 aliphatic heterocycles. The van der Waals surface area contributed by atoms with Crippen molar-refractivity contribution in [1.82, 2.24) is 0 Å². The van der Waals surface area contributed by atoms with E-state index >= 15 is 0 Å². The van der Waals surface area contributed by atoms with Crippen LogP contribution in [-0.4, -0.2) is 79.0 Å². The van der Waals surface area contributed by atoms with Gasteiger partial charge in [0, 0.05) is 38.1 Å². The van der Waals surface area contributed by atoms with Gasteiger partial charge in [-0.05, 0) is 55.5 Å². The van der Waals surface area contributed by atoms with Crippen molar-refractivity contribution in [2.75, 3.05) is 33.0 Å². The van der Waals surface area contributed by atoms with Crippen LogP contribution in [0.5, 0.6) is 23.0 Å². The summed E-state index contributed by atoms with van der Waals surface area (Å²) in [5, 5.41) is 32.0. The number of ketones is 2. The van der Waals surface area contributed by atoms with Crippen LogP contribution >= 0.6 is 0 Å². The van der Waals surface area contributed by atoms with Crippen molar-refractivity contribution >= 4 is 67.4 Å². The Morgan fingerprint density at radius 1 is 0.493 bits per heavy atom. The number of esters is 1. The van der Waals surface area contributed by atoms with Gasteiger partial charge < -0.3 is 61.5 Å². The second kappa shape index (κ2) is 23.2. The molecule has 360 valence electrons. The second-order valence-corrected chi connectivity index (χ2v) is 15.1. The molecule has 0 fully saturated rings. The van der Waals surface area contributed by atoms with Crippen LogP contribution in [0, 0.1) is 0 Å². The van der Waals surface area contributed by atoms with E-state index in [-0.39, 0.29) is 153 Å². The molecule has 0 saturated carbocycles. The van der Waals surface area contributed by atoms with Gasteiger partial charge >= 0.3 is 35.5 Å². The number of aliphatic hydroxyl groups is 2.